The van der Waals surface area contributed by atoms with Crippen molar-refractivity contribution in [3.8, 4) is 0 Å². The van der Waals surface area contributed by atoms with Crippen molar-refractivity contribution in [2.45, 2.75) is 11.1 Å². The molecule has 0 aromatic carbocycles. The Kier molecular flexibility index (Phi) is 3.66. The predicted octanol–water partition coefficient (Wildman–Crippen LogP) is -0.904. The van der Waals surface area contributed by atoms with Gasteiger partial charge in [0.05, 0.1) is 12.9 Å². The number of aryl methyl sites for hydroxylation is 1. The van der Waals surface area contributed by atoms with Crippen molar-refractivity contribution in [2.75, 3.05) is 19.7 Å². The molecular formula is C9H14N4O3S2. The standard InChI is InChI=1S/C9H14N4O3S2/c1-12-5-8(11-6-12)18(14,15)13-2-3-16-7(4-13)9(10)17/h5-7H,2-4H2,1H3,(H2,10,17). The topological polar surface area (TPSA) is 90.5 Å². The molecule has 0 saturated carbocycles. The minimum absolute atomic E-state index is 0.0218. The number of aromatic nitrogens is 2. The molecule has 1 aliphatic rings. The zero-order chi connectivity index (χ0) is 13.3. The molecule has 0 radical (unpaired) electrons. The summed E-state index contributed by atoms with van der Waals surface area (Å²) in [6.07, 6.45) is 2.37. The van der Waals surface area contributed by atoms with E-state index in [2.05, 4.69) is 4.98 Å². The largest absolute Gasteiger partial charge is 0.391 e. The summed E-state index contributed by atoms with van der Waals surface area (Å²) in [5.41, 5.74) is 5.48. The first kappa shape index (κ1) is 13.4. The molecule has 1 aromatic heterocycles. The summed E-state index contributed by atoms with van der Waals surface area (Å²) < 4.78 is 32.7. The van der Waals surface area contributed by atoms with Crippen LogP contribution < -0.4 is 5.73 Å². The highest BCUT2D eigenvalue weighted by Crippen LogP contribution is 2.17. The Morgan fingerprint density at radius 2 is 2.39 bits per heavy atom. The molecule has 1 aliphatic heterocycles. The van der Waals surface area contributed by atoms with E-state index in [9.17, 15) is 8.42 Å². The Morgan fingerprint density at radius 3 is 2.94 bits per heavy atom. The van der Waals surface area contributed by atoms with E-state index in [1.807, 2.05) is 0 Å². The molecule has 1 atom stereocenters. The monoisotopic (exact) mass is 290 g/mol. The summed E-state index contributed by atoms with van der Waals surface area (Å²) in [4.78, 5) is 4.02. The van der Waals surface area contributed by atoms with Crippen molar-refractivity contribution in [1.82, 2.24) is 13.9 Å². The minimum Gasteiger partial charge on any atom is -0.391 e. The number of hydrogen-bond acceptors (Lipinski definition) is 5. The van der Waals surface area contributed by atoms with Crippen LogP contribution in [0.1, 0.15) is 0 Å². The van der Waals surface area contributed by atoms with E-state index in [1.165, 1.54) is 16.8 Å². The molecule has 2 rings (SSSR count). The van der Waals surface area contributed by atoms with Gasteiger partial charge >= 0.3 is 0 Å². The van der Waals surface area contributed by atoms with Crippen LogP contribution in [0, 0.1) is 0 Å². The molecule has 2 N–H and O–H groups in total. The van der Waals surface area contributed by atoms with Crippen LogP contribution in [0.25, 0.3) is 0 Å². The molecular weight excluding hydrogens is 276 g/mol. The fourth-order valence-corrected chi connectivity index (χ4v) is 3.20. The smallest absolute Gasteiger partial charge is 0.262 e. The van der Waals surface area contributed by atoms with Gasteiger partial charge in [0, 0.05) is 26.3 Å². The first-order valence-corrected chi connectivity index (χ1v) is 7.15. The van der Waals surface area contributed by atoms with Crippen molar-refractivity contribution in [2.24, 2.45) is 12.8 Å². The SMILES string of the molecule is Cn1cnc(S(=O)(=O)N2CCOC(C(N)=S)C2)c1. The summed E-state index contributed by atoms with van der Waals surface area (Å²) in [5, 5.41) is 0.0218. The maximum Gasteiger partial charge on any atom is 0.262 e. The zero-order valence-corrected chi connectivity index (χ0v) is 11.4. The lowest BCUT2D eigenvalue weighted by molar-refractivity contribution is 0.0385. The van der Waals surface area contributed by atoms with Gasteiger partial charge in [-0.25, -0.2) is 13.4 Å². The number of hydrogen-bond donors (Lipinski definition) is 1. The lowest BCUT2D eigenvalue weighted by Crippen LogP contribution is -2.49. The third-order valence-electron chi connectivity index (χ3n) is 2.63. The summed E-state index contributed by atoms with van der Waals surface area (Å²) in [7, 11) is -1.89. The number of ether oxygens (including phenoxy) is 1. The average Bonchev–Trinajstić information content (AvgIpc) is 2.77. The highest BCUT2D eigenvalue weighted by molar-refractivity contribution is 7.89. The summed E-state index contributed by atoms with van der Waals surface area (Å²) in [5.74, 6) is 0. The van der Waals surface area contributed by atoms with Crippen LogP contribution in [-0.4, -0.2) is 53.1 Å². The predicted molar refractivity (Wildman–Crippen MR) is 68.5 cm³/mol. The van der Waals surface area contributed by atoms with Crippen LogP contribution in [0.15, 0.2) is 17.6 Å². The number of thiocarbonyl (C=S) groups is 1. The van der Waals surface area contributed by atoms with Gasteiger partial charge in [0.1, 0.15) is 11.1 Å². The van der Waals surface area contributed by atoms with Gasteiger partial charge in [-0.15, -0.1) is 0 Å². The number of imidazole rings is 1. The molecule has 100 valence electrons. The van der Waals surface area contributed by atoms with Crippen LogP contribution in [0.4, 0.5) is 0 Å². The van der Waals surface area contributed by atoms with Gasteiger partial charge in [-0.2, -0.15) is 4.31 Å². The lowest BCUT2D eigenvalue weighted by Gasteiger charge is -2.30. The van der Waals surface area contributed by atoms with Gasteiger partial charge in [-0.1, -0.05) is 12.2 Å². The van der Waals surface area contributed by atoms with Crippen molar-refractivity contribution in [1.29, 1.82) is 0 Å². The molecule has 1 aromatic rings. The maximum atomic E-state index is 12.3. The highest BCUT2D eigenvalue weighted by Gasteiger charge is 2.33. The molecule has 1 fully saturated rings. The van der Waals surface area contributed by atoms with Crippen molar-refractivity contribution in [3.05, 3.63) is 12.5 Å². The third kappa shape index (κ3) is 2.53. The van der Waals surface area contributed by atoms with Gasteiger partial charge < -0.3 is 15.0 Å². The van der Waals surface area contributed by atoms with Crippen molar-refractivity contribution >= 4 is 27.2 Å². The average molecular weight is 290 g/mol. The Hall–Kier alpha value is -1.03. The maximum absolute atomic E-state index is 12.3. The van der Waals surface area contributed by atoms with Crippen molar-refractivity contribution in [3.63, 3.8) is 0 Å². The van der Waals surface area contributed by atoms with Gasteiger partial charge in [0.15, 0.2) is 5.03 Å². The van der Waals surface area contributed by atoms with Gasteiger partial charge in [0.25, 0.3) is 10.0 Å². The van der Waals surface area contributed by atoms with Gasteiger partial charge in [-0.3, -0.25) is 0 Å². The molecule has 1 unspecified atom stereocenters. The summed E-state index contributed by atoms with van der Waals surface area (Å²) >= 11 is 4.82. The quantitative estimate of drug-likeness (QED) is 0.725. The van der Waals surface area contributed by atoms with E-state index in [0.717, 1.165) is 0 Å². The Morgan fingerprint density at radius 1 is 1.67 bits per heavy atom. The summed E-state index contributed by atoms with van der Waals surface area (Å²) in [6, 6.07) is 0. The van der Waals surface area contributed by atoms with Gasteiger partial charge in [0.2, 0.25) is 0 Å². The first-order chi connectivity index (χ1) is 8.41. The second-order valence-corrected chi connectivity index (χ2v) is 6.36. The number of rotatable bonds is 3. The lowest BCUT2D eigenvalue weighted by atomic mass is 10.3. The first-order valence-electron chi connectivity index (χ1n) is 5.30. The second kappa shape index (κ2) is 4.92. The van der Waals surface area contributed by atoms with E-state index in [1.54, 1.807) is 11.6 Å². The number of nitrogens with two attached hydrogens (primary N) is 1. The van der Waals surface area contributed by atoms with Crippen molar-refractivity contribution < 1.29 is 13.2 Å². The van der Waals surface area contributed by atoms with E-state index in [0.29, 0.717) is 0 Å². The third-order valence-corrected chi connectivity index (χ3v) is 4.65. The summed E-state index contributed by atoms with van der Waals surface area (Å²) in [6.45, 7) is 0.681. The molecule has 0 amide bonds. The minimum atomic E-state index is -3.60. The van der Waals surface area contributed by atoms with Crippen LogP contribution in [0.3, 0.4) is 0 Å². The van der Waals surface area contributed by atoms with Crippen LogP contribution in [0.5, 0.6) is 0 Å². The highest BCUT2D eigenvalue weighted by atomic mass is 32.2. The number of sulfonamides is 1. The molecule has 7 nitrogen and oxygen atoms in total. The second-order valence-electron chi connectivity index (χ2n) is 4.00. The normalized spacial score (nSPS) is 21.9. The van der Waals surface area contributed by atoms with E-state index in [4.69, 9.17) is 22.7 Å². The van der Waals surface area contributed by atoms with E-state index >= 15 is 0 Å². The van der Waals surface area contributed by atoms with E-state index in [-0.39, 0.29) is 29.7 Å². The molecule has 18 heavy (non-hydrogen) atoms. The van der Waals surface area contributed by atoms with Gasteiger partial charge in [-0.05, 0) is 0 Å². The Labute approximate surface area is 111 Å². The molecule has 0 bridgehead atoms. The van der Waals surface area contributed by atoms with Crippen LogP contribution in [0.2, 0.25) is 0 Å². The Balaban J connectivity index is 2.22. The number of morpholine rings is 1. The molecule has 0 spiro atoms. The van der Waals surface area contributed by atoms with Crippen LogP contribution in [-0.2, 0) is 21.8 Å². The molecule has 0 aliphatic carbocycles. The fourth-order valence-electron chi connectivity index (χ4n) is 1.67. The zero-order valence-electron chi connectivity index (χ0n) is 9.81. The fraction of sp³-hybridized carbons (Fsp3) is 0.556. The molecule has 1 saturated heterocycles. The molecule has 9 heteroatoms. The van der Waals surface area contributed by atoms with E-state index < -0.39 is 16.1 Å². The Bertz CT molecular complexity index is 554. The molecule has 2 heterocycles. The number of nitrogens with zero attached hydrogens (tertiary/aromatic N) is 3. The van der Waals surface area contributed by atoms with Crippen LogP contribution >= 0.6 is 12.2 Å².